The summed E-state index contributed by atoms with van der Waals surface area (Å²) in [6, 6.07) is 15.8. The Hall–Kier alpha value is -3.12. The molecule has 0 radical (unpaired) electrons. The van der Waals surface area contributed by atoms with E-state index < -0.39 is 0 Å². The summed E-state index contributed by atoms with van der Waals surface area (Å²) in [6.45, 7) is 1.62. The number of rotatable bonds is 4. The van der Waals surface area contributed by atoms with Crippen LogP contribution >= 0.6 is 0 Å². The Bertz CT molecular complexity index is 1010. The predicted octanol–water partition coefficient (Wildman–Crippen LogP) is 3.50. The lowest BCUT2D eigenvalue weighted by Gasteiger charge is -2.33. The molecule has 6 nitrogen and oxygen atoms in total. The van der Waals surface area contributed by atoms with Gasteiger partial charge in [0.2, 0.25) is 0 Å². The molecule has 0 bridgehead atoms. The van der Waals surface area contributed by atoms with Crippen LogP contribution < -0.4 is 10.1 Å². The molecule has 1 aliphatic heterocycles. The van der Waals surface area contributed by atoms with Gasteiger partial charge in [0, 0.05) is 25.4 Å². The highest BCUT2D eigenvalue weighted by molar-refractivity contribution is 5.95. The van der Waals surface area contributed by atoms with Gasteiger partial charge >= 0.3 is 0 Å². The zero-order chi connectivity index (χ0) is 19.5. The number of carbonyl (C=O) groups is 1. The second kappa shape index (κ2) is 7.86. The fourth-order valence-corrected chi connectivity index (χ4v) is 3.49. The van der Waals surface area contributed by atoms with Crippen molar-refractivity contribution in [2.45, 2.75) is 6.10 Å². The van der Waals surface area contributed by atoms with E-state index in [1.807, 2.05) is 23.1 Å². The molecule has 1 aromatic heterocycles. The molecule has 1 amide bonds. The van der Waals surface area contributed by atoms with Crippen LogP contribution in [0.15, 0.2) is 54.7 Å². The molecule has 1 saturated heterocycles. The van der Waals surface area contributed by atoms with E-state index in [4.69, 9.17) is 9.47 Å². The first kappa shape index (κ1) is 18.3. The van der Waals surface area contributed by atoms with Crippen molar-refractivity contribution in [3.05, 3.63) is 65.9 Å². The third kappa shape index (κ3) is 3.64. The van der Waals surface area contributed by atoms with Gasteiger partial charge in [0.25, 0.3) is 5.91 Å². The van der Waals surface area contributed by atoms with E-state index in [0.717, 1.165) is 22.1 Å². The summed E-state index contributed by atoms with van der Waals surface area (Å²) >= 11 is 0. The summed E-state index contributed by atoms with van der Waals surface area (Å²) < 4.78 is 11.3. The van der Waals surface area contributed by atoms with Crippen LogP contribution in [0, 0.1) is 0 Å². The summed E-state index contributed by atoms with van der Waals surface area (Å²) in [7, 11) is 3.45. The molecule has 6 heteroatoms. The minimum Gasteiger partial charge on any atom is -0.497 e. The van der Waals surface area contributed by atoms with Gasteiger partial charge in [-0.15, -0.1) is 0 Å². The molecule has 0 aliphatic carbocycles. The second-order valence-electron chi connectivity index (χ2n) is 6.76. The van der Waals surface area contributed by atoms with Crippen molar-refractivity contribution in [2.75, 3.05) is 39.2 Å². The lowest BCUT2D eigenvalue weighted by Crippen LogP contribution is -2.42. The minimum absolute atomic E-state index is 0.00211. The zero-order valence-corrected chi connectivity index (χ0v) is 16.0. The molecule has 144 valence electrons. The fourth-order valence-electron chi connectivity index (χ4n) is 3.49. The smallest absolute Gasteiger partial charge is 0.254 e. The molecule has 3 aromatic rings. The predicted molar refractivity (Wildman–Crippen MR) is 109 cm³/mol. The van der Waals surface area contributed by atoms with Crippen LogP contribution in [0.2, 0.25) is 0 Å². The average Bonchev–Trinajstić information content (AvgIpc) is 2.78. The molecule has 28 heavy (non-hydrogen) atoms. The molecule has 2 aromatic carbocycles. The standard InChI is InChI=1S/C22H23N3O3/c1-23-21-13-18(7-8-24-21)22(26)25-9-10-28-20(14-25)17-4-3-16-12-19(27-2)6-5-15(16)11-17/h3-8,11-13,20H,9-10,14H2,1-2H3,(H,23,24)/t20-/m1/s1. The van der Waals surface area contributed by atoms with Crippen molar-refractivity contribution < 1.29 is 14.3 Å². The van der Waals surface area contributed by atoms with Crippen LogP contribution in [0.1, 0.15) is 22.0 Å². The first-order valence-electron chi connectivity index (χ1n) is 9.30. The van der Waals surface area contributed by atoms with Crippen LogP contribution in [0.4, 0.5) is 5.82 Å². The van der Waals surface area contributed by atoms with E-state index >= 15 is 0 Å². The molecule has 1 N–H and O–H groups in total. The van der Waals surface area contributed by atoms with Gasteiger partial charge in [0.15, 0.2) is 0 Å². The third-order valence-corrected chi connectivity index (χ3v) is 5.06. The molecular weight excluding hydrogens is 354 g/mol. The number of benzene rings is 2. The van der Waals surface area contributed by atoms with E-state index in [1.54, 1.807) is 32.5 Å². The molecule has 0 spiro atoms. The number of methoxy groups -OCH3 is 1. The molecular formula is C22H23N3O3. The number of morpholine rings is 1. The Kier molecular flexibility index (Phi) is 5.12. The van der Waals surface area contributed by atoms with Crippen LogP contribution in [-0.4, -0.2) is 49.6 Å². The van der Waals surface area contributed by atoms with Gasteiger partial charge in [0.05, 0.1) is 20.3 Å². The largest absolute Gasteiger partial charge is 0.497 e. The van der Waals surface area contributed by atoms with Crippen molar-refractivity contribution in [3.8, 4) is 5.75 Å². The first-order valence-corrected chi connectivity index (χ1v) is 9.30. The Morgan fingerprint density at radius 1 is 1.18 bits per heavy atom. The number of amides is 1. The third-order valence-electron chi connectivity index (χ3n) is 5.06. The molecule has 0 unspecified atom stereocenters. The number of fused-ring (bicyclic) bond motifs is 1. The number of carbonyl (C=O) groups excluding carboxylic acids is 1. The highest BCUT2D eigenvalue weighted by atomic mass is 16.5. The van der Waals surface area contributed by atoms with E-state index in [2.05, 4.69) is 28.5 Å². The Morgan fingerprint density at radius 2 is 2.00 bits per heavy atom. The highest BCUT2D eigenvalue weighted by Gasteiger charge is 2.26. The fraction of sp³-hybridized carbons (Fsp3) is 0.273. The average molecular weight is 377 g/mol. The zero-order valence-electron chi connectivity index (χ0n) is 16.0. The van der Waals surface area contributed by atoms with Crippen LogP contribution in [0.3, 0.4) is 0 Å². The monoisotopic (exact) mass is 377 g/mol. The summed E-state index contributed by atoms with van der Waals surface area (Å²) in [5.41, 5.74) is 1.70. The second-order valence-corrected chi connectivity index (χ2v) is 6.76. The minimum atomic E-state index is -0.144. The number of anilines is 1. The maximum atomic E-state index is 12.9. The Labute approximate surface area is 164 Å². The number of ether oxygens (including phenoxy) is 2. The van der Waals surface area contributed by atoms with E-state index in [-0.39, 0.29) is 12.0 Å². The van der Waals surface area contributed by atoms with Gasteiger partial charge in [-0.2, -0.15) is 0 Å². The van der Waals surface area contributed by atoms with Gasteiger partial charge in [-0.05, 0) is 46.7 Å². The van der Waals surface area contributed by atoms with Gasteiger partial charge in [-0.3, -0.25) is 4.79 Å². The first-order chi connectivity index (χ1) is 13.7. The quantitative estimate of drug-likeness (QED) is 0.754. The molecule has 1 aliphatic rings. The Morgan fingerprint density at radius 3 is 2.82 bits per heavy atom. The normalized spacial score (nSPS) is 16.8. The summed E-state index contributed by atoms with van der Waals surface area (Å²) in [4.78, 5) is 19.0. The van der Waals surface area contributed by atoms with Gasteiger partial charge in [-0.1, -0.05) is 18.2 Å². The van der Waals surface area contributed by atoms with Crippen molar-refractivity contribution in [2.24, 2.45) is 0 Å². The molecule has 0 saturated carbocycles. The lowest BCUT2D eigenvalue weighted by atomic mass is 10.0. The number of pyridine rings is 1. The molecule has 2 heterocycles. The summed E-state index contributed by atoms with van der Waals surface area (Å²) in [5.74, 6) is 1.52. The van der Waals surface area contributed by atoms with Crippen molar-refractivity contribution in [1.82, 2.24) is 9.88 Å². The maximum absolute atomic E-state index is 12.9. The summed E-state index contributed by atoms with van der Waals surface area (Å²) in [6.07, 6.45) is 1.50. The van der Waals surface area contributed by atoms with Crippen molar-refractivity contribution in [3.63, 3.8) is 0 Å². The van der Waals surface area contributed by atoms with Gasteiger partial charge in [0.1, 0.15) is 17.7 Å². The van der Waals surface area contributed by atoms with Crippen molar-refractivity contribution >= 4 is 22.5 Å². The van der Waals surface area contributed by atoms with E-state index in [9.17, 15) is 4.79 Å². The highest BCUT2D eigenvalue weighted by Crippen LogP contribution is 2.28. The number of hydrogen-bond acceptors (Lipinski definition) is 5. The number of nitrogens with zero attached hydrogens (tertiary/aromatic N) is 2. The number of hydrogen-bond donors (Lipinski definition) is 1. The number of aromatic nitrogens is 1. The van der Waals surface area contributed by atoms with Crippen LogP contribution in [-0.2, 0) is 4.74 Å². The van der Waals surface area contributed by atoms with Crippen LogP contribution in [0.5, 0.6) is 5.75 Å². The maximum Gasteiger partial charge on any atom is 0.254 e. The molecule has 4 rings (SSSR count). The van der Waals surface area contributed by atoms with E-state index in [1.165, 1.54) is 0 Å². The number of nitrogens with one attached hydrogen (secondary N) is 1. The SMILES string of the molecule is CNc1cc(C(=O)N2CCO[C@@H](c3ccc4cc(OC)ccc4c3)C2)ccn1. The Balaban J connectivity index is 1.54. The summed E-state index contributed by atoms with van der Waals surface area (Å²) in [5, 5.41) is 5.21. The molecule has 1 atom stereocenters. The molecule has 1 fully saturated rings. The van der Waals surface area contributed by atoms with Crippen LogP contribution in [0.25, 0.3) is 10.8 Å². The van der Waals surface area contributed by atoms with Gasteiger partial charge in [-0.25, -0.2) is 4.98 Å². The lowest BCUT2D eigenvalue weighted by molar-refractivity contribution is -0.0227. The van der Waals surface area contributed by atoms with Gasteiger partial charge < -0.3 is 19.7 Å². The topological polar surface area (TPSA) is 63.7 Å². The van der Waals surface area contributed by atoms with E-state index in [0.29, 0.717) is 31.1 Å². The van der Waals surface area contributed by atoms with Crippen molar-refractivity contribution in [1.29, 1.82) is 0 Å².